The van der Waals surface area contributed by atoms with Gasteiger partial charge in [-0.3, -0.25) is 9.59 Å². The Labute approximate surface area is 174 Å². The van der Waals surface area contributed by atoms with Gasteiger partial charge in [0.15, 0.2) is 0 Å². The van der Waals surface area contributed by atoms with E-state index in [1.54, 1.807) is 0 Å². The van der Waals surface area contributed by atoms with Gasteiger partial charge in [-0.25, -0.2) is 0 Å². The number of nitrogens with one attached hydrogen (secondary N) is 1. The van der Waals surface area contributed by atoms with Crippen LogP contribution < -0.4 is 10.2 Å². The van der Waals surface area contributed by atoms with Crippen LogP contribution in [-0.4, -0.2) is 55.9 Å². The van der Waals surface area contributed by atoms with Gasteiger partial charge < -0.3 is 15.1 Å². The first-order valence-corrected chi connectivity index (χ1v) is 11.5. The SMILES string of the molecule is O=Cc1ccc(N2CCC(C(=O)NC[C@H]3CCCN(C4CCCC4)C3)CC2)cc1. The van der Waals surface area contributed by atoms with E-state index in [9.17, 15) is 9.59 Å². The van der Waals surface area contributed by atoms with Crippen LogP contribution in [0.1, 0.15) is 61.7 Å². The Hall–Kier alpha value is -1.88. The van der Waals surface area contributed by atoms with Gasteiger partial charge in [-0.05, 0) is 75.3 Å². The van der Waals surface area contributed by atoms with Crippen LogP contribution in [0.2, 0.25) is 0 Å². The van der Waals surface area contributed by atoms with E-state index in [2.05, 4.69) is 15.1 Å². The highest BCUT2D eigenvalue weighted by molar-refractivity contribution is 5.79. The van der Waals surface area contributed by atoms with Crippen LogP contribution in [0.3, 0.4) is 0 Å². The van der Waals surface area contributed by atoms with Crippen LogP contribution >= 0.6 is 0 Å². The molecule has 2 saturated heterocycles. The number of rotatable bonds is 6. The lowest BCUT2D eigenvalue weighted by molar-refractivity contribution is -0.125. The molecule has 0 unspecified atom stereocenters. The summed E-state index contributed by atoms with van der Waals surface area (Å²) in [5, 5.41) is 3.28. The Morgan fingerprint density at radius 3 is 2.38 bits per heavy atom. The van der Waals surface area contributed by atoms with Crippen LogP contribution in [0.15, 0.2) is 24.3 Å². The van der Waals surface area contributed by atoms with Gasteiger partial charge in [0.25, 0.3) is 0 Å². The number of amides is 1. The summed E-state index contributed by atoms with van der Waals surface area (Å²) in [5.41, 5.74) is 1.85. The number of hydrogen-bond acceptors (Lipinski definition) is 4. The van der Waals surface area contributed by atoms with Gasteiger partial charge >= 0.3 is 0 Å². The summed E-state index contributed by atoms with van der Waals surface area (Å²) in [6, 6.07) is 8.53. The molecule has 2 aliphatic heterocycles. The zero-order valence-corrected chi connectivity index (χ0v) is 17.5. The smallest absolute Gasteiger partial charge is 0.223 e. The van der Waals surface area contributed by atoms with E-state index in [1.807, 2.05) is 24.3 Å². The van der Waals surface area contributed by atoms with Gasteiger partial charge in [-0.1, -0.05) is 12.8 Å². The molecule has 3 aliphatic rings. The molecular formula is C24H35N3O2. The average molecular weight is 398 g/mol. The van der Waals surface area contributed by atoms with Crippen molar-refractivity contribution in [2.75, 3.05) is 37.6 Å². The van der Waals surface area contributed by atoms with E-state index < -0.39 is 0 Å². The molecule has 158 valence electrons. The summed E-state index contributed by atoms with van der Waals surface area (Å²) in [5.74, 6) is 0.999. The fourth-order valence-corrected chi connectivity index (χ4v) is 5.42. The minimum absolute atomic E-state index is 0.134. The monoisotopic (exact) mass is 397 g/mol. The first kappa shape index (κ1) is 20.4. The number of nitrogens with zero attached hydrogens (tertiary/aromatic N) is 2. The van der Waals surface area contributed by atoms with Crippen molar-refractivity contribution in [3.8, 4) is 0 Å². The molecule has 0 aromatic heterocycles. The second kappa shape index (κ2) is 9.75. The fraction of sp³-hybridized carbons (Fsp3) is 0.667. The molecule has 0 spiro atoms. The molecule has 5 nitrogen and oxygen atoms in total. The summed E-state index contributed by atoms with van der Waals surface area (Å²) in [4.78, 5) is 28.5. The predicted molar refractivity (Wildman–Crippen MR) is 116 cm³/mol. The lowest BCUT2D eigenvalue weighted by atomic mass is 9.93. The number of anilines is 1. The minimum Gasteiger partial charge on any atom is -0.371 e. The van der Waals surface area contributed by atoms with Crippen LogP contribution in [0, 0.1) is 11.8 Å². The van der Waals surface area contributed by atoms with Gasteiger partial charge in [0, 0.05) is 49.4 Å². The molecular weight excluding hydrogens is 362 g/mol. The van der Waals surface area contributed by atoms with Gasteiger partial charge in [-0.15, -0.1) is 0 Å². The van der Waals surface area contributed by atoms with E-state index >= 15 is 0 Å². The Balaban J connectivity index is 1.20. The number of hydrogen-bond donors (Lipinski definition) is 1. The minimum atomic E-state index is 0.134. The van der Waals surface area contributed by atoms with Gasteiger partial charge in [0.05, 0.1) is 0 Å². The molecule has 29 heavy (non-hydrogen) atoms. The van der Waals surface area contributed by atoms with Crippen LogP contribution in [0.25, 0.3) is 0 Å². The summed E-state index contributed by atoms with van der Waals surface area (Å²) in [6.45, 7) is 5.06. The number of likely N-dealkylation sites (tertiary alicyclic amines) is 1. The van der Waals surface area contributed by atoms with Crippen LogP contribution in [0.5, 0.6) is 0 Å². The van der Waals surface area contributed by atoms with Crippen molar-refractivity contribution in [3.05, 3.63) is 29.8 Å². The Morgan fingerprint density at radius 1 is 0.966 bits per heavy atom. The maximum atomic E-state index is 12.7. The summed E-state index contributed by atoms with van der Waals surface area (Å²) < 4.78 is 0. The van der Waals surface area contributed by atoms with Crippen molar-refractivity contribution in [2.24, 2.45) is 11.8 Å². The Bertz CT molecular complexity index is 676. The van der Waals surface area contributed by atoms with Gasteiger partial charge in [0.1, 0.15) is 6.29 Å². The zero-order chi connectivity index (χ0) is 20.1. The van der Waals surface area contributed by atoms with Crippen molar-refractivity contribution < 1.29 is 9.59 Å². The maximum absolute atomic E-state index is 12.7. The fourth-order valence-electron chi connectivity index (χ4n) is 5.42. The number of aldehydes is 1. The quantitative estimate of drug-likeness (QED) is 0.747. The van der Waals surface area contributed by atoms with E-state index in [1.165, 1.54) is 51.6 Å². The molecule has 2 heterocycles. The molecule has 3 fully saturated rings. The zero-order valence-electron chi connectivity index (χ0n) is 17.5. The Kier molecular flexibility index (Phi) is 6.86. The standard InChI is InChI=1S/C24H35N3O2/c28-18-19-7-9-23(10-8-19)26-14-11-21(12-15-26)24(29)25-16-20-4-3-13-27(17-20)22-5-1-2-6-22/h7-10,18,20-22H,1-6,11-17H2,(H,25,29)/t20-/m1/s1. The molecule has 0 radical (unpaired) electrons. The van der Waals surface area contributed by atoms with E-state index in [-0.39, 0.29) is 11.8 Å². The van der Waals surface area contributed by atoms with Gasteiger partial charge in [0.2, 0.25) is 5.91 Å². The molecule has 1 saturated carbocycles. The highest BCUT2D eigenvalue weighted by Gasteiger charge is 2.29. The topological polar surface area (TPSA) is 52.7 Å². The lowest BCUT2D eigenvalue weighted by Gasteiger charge is -2.37. The number of carbonyl (C=O) groups is 2. The molecule has 5 heteroatoms. The van der Waals surface area contributed by atoms with Crippen LogP contribution in [-0.2, 0) is 4.79 Å². The van der Waals surface area contributed by atoms with E-state index in [4.69, 9.17) is 0 Å². The molecule has 1 aromatic rings. The highest BCUT2D eigenvalue weighted by atomic mass is 16.1. The summed E-state index contributed by atoms with van der Waals surface area (Å²) in [6.07, 6.45) is 10.7. The summed E-state index contributed by atoms with van der Waals surface area (Å²) >= 11 is 0. The number of benzene rings is 1. The predicted octanol–water partition coefficient (Wildman–Crippen LogP) is 3.49. The third kappa shape index (κ3) is 5.19. The van der Waals surface area contributed by atoms with Gasteiger partial charge in [-0.2, -0.15) is 0 Å². The maximum Gasteiger partial charge on any atom is 0.223 e. The van der Waals surface area contributed by atoms with Crippen molar-refractivity contribution in [3.63, 3.8) is 0 Å². The second-order valence-corrected chi connectivity index (χ2v) is 9.16. The third-order valence-corrected chi connectivity index (χ3v) is 7.22. The summed E-state index contributed by atoms with van der Waals surface area (Å²) in [7, 11) is 0. The molecule has 1 N–H and O–H groups in total. The third-order valence-electron chi connectivity index (χ3n) is 7.22. The highest BCUT2D eigenvalue weighted by Crippen LogP contribution is 2.28. The lowest BCUT2D eigenvalue weighted by Crippen LogP contribution is -2.46. The van der Waals surface area contributed by atoms with Crippen molar-refractivity contribution in [2.45, 2.75) is 57.4 Å². The number of piperidine rings is 2. The molecule has 0 bridgehead atoms. The largest absolute Gasteiger partial charge is 0.371 e. The molecule has 1 atom stereocenters. The molecule has 1 aromatic carbocycles. The van der Waals surface area contributed by atoms with Crippen molar-refractivity contribution in [1.82, 2.24) is 10.2 Å². The Morgan fingerprint density at radius 2 is 1.69 bits per heavy atom. The van der Waals surface area contributed by atoms with Crippen molar-refractivity contribution in [1.29, 1.82) is 0 Å². The average Bonchev–Trinajstić information content (AvgIpc) is 3.33. The molecule has 1 aliphatic carbocycles. The van der Waals surface area contributed by atoms with Crippen LogP contribution in [0.4, 0.5) is 5.69 Å². The normalized spacial score (nSPS) is 24.6. The second-order valence-electron chi connectivity index (χ2n) is 9.16. The first-order chi connectivity index (χ1) is 14.2. The molecule has 1 amide bonds. The van der Waals surface area contributed by atoms with E-state index in [0.29, 0.717) is 11.5 Å². The van der Waals surface area contributed by atoms with Crippen molar-refractivity contribution >= 4 is 17.9 Å². The first-order valence-electron chi connectivity index (χ1n) is 11.5. The molecule has 4 rings (SSSR count). The number of carbonyl (C=O) groups excluding carboxylic acids is 2. The van der Waals surface area contributed by atoms with E-state index in [0.717, 1.165) is 50.5 Å².